The van der Waals surface area contributed by atoms with Gasteiger partial charge >= 0.3 is 0 Å². The van der Waals surface area contributed by atoms with E-state index in [1.165, 1.54) is 64.6 Å². The molecule has 3 heteroatoms. The maximum absolute atomic E-state index is 5.15. The highest BCUT2D eigenvalue weighted by Gasteiger charge is 2.37. The zero-order valence-electron chi connectivity index (χ0n) is 12.2. The smallest absolute Gasteiger partial charge is 0.0462 e. The minimum atomic E-state index is 0.450. The summed E-state index contributed by atoms with van der Waals surface area (Å²) in [6.07, 6.45) is 9.36. The third-order valence-corrected chi connectivity index (χ3v) is 4.80. The Kier molecular flexibility index (Phi) is 5.46. The molecule has 1 heterocycles. The minimum Gasteiger partial charge on any atom is -0.385 e. The molecule has 1 unspecified atom stereocenters. The van der Waals surface area contributed by atoms with Crippen LogP contribution >= 0.6 is 0 Å². The first-order valence-electron chi connectivity index (χ1n) is 7.74. The summed E-state index contributed by atoms with van der Waals surface area (Å²) >= 11 is 0. The molecule has 0 radical (unpaired) electrons. The largest absolute Gasteiger partial charge is 0.385 e. The van der Waals surface area contributed by atoms with E-state index in [9.17, 15) is 0 Å². The van der Waals surface area contributed by atoms with Gasteiger partial charge in [-0.05, 0) is 52.1 Å². The maximum atomic E-state index is 5.15. The number of hydrogen-bond donors (Lipinski definition) is 1. The van der Waals surface area contributed by atoms with Crippen molar-refractivity contribution in [2.24, 2.45) is 0 Å². The van der Waals surface area contributed by atoms with Crippen LogP contribution in [0.15, 0.2) is 0 Å². The number of nitrogens with one attached hydrogen (secondary N) is 1. The maximum Gasteiger partial charge on any atom is 0.0462 e. The van der Waals surface area contributed by atoms with Gasteiger partial charge in [0.15, 0.2) is 0 Å². The van der Waals surface area contributed by atoms with E-state index in [0.29, 0.717) is 5.54 Å². The first-order chi connectivity index (χ1) is 8.76. The predicted molar refractivity (Wildman–Crippen MR) is 76.0 cm³/mol. The highest BCUT2D eigenvalue weighted by molar-refractivity contribution is 4.98. The number of methoxy groups -OCH3 is 1. The molecular formula is C15H30N2O. The fraction of sp³-hybridized carbons (Fsp3) is 1.00. The molecule has 0 bridgehead atoms. The number of rotatable bonds is 5. The summed E-state index contributed by atoms with van der Waals surface area (Å²) in [5.74, 6) is 0. The molecule has 1 aliphatic carbocycles. The average Bonchev–Trinajstić information content (AvgIpc) is 2.75. The number of unbranched alkanes of at least 4 members (excludes halogenated alkanes) is 1. The van der Waals surface area contributed by atoms with Gasteiger partial charge in [0.05, 0.1) is 0 Å². The monoisotopic (exact) mass is 254 g/mol. The topological polar surface area (TPSA) is 24.5 Å². The van der Waals surface area contributed by atoms with Gasteiger partial charge in [0.25, 0.3) is 0 Å². The molecule has 1 spiro atoms. The Morgan fingerprint density at radius 2 is 2.06 bits per heavy atom. The van der Waals surface area contributed by atoms with Crippen molar-refractivity contribution in [1.29, 1.82) is 0 Å². The van der Waals surface area contributed by atoms with Crippen LogP contribution in [0, 0.1) is 0 Å². The van der Waals surface area contributed by atoms with Crippen LogP contribution < -0.4 is 5.32 Å². The van der Waals surface area contributed by atoms with Gasteiger partial charge in [-0.1, -0.05) is 12.8 Å². The predicted octanol–water partition coefficient (Wildman–Crippen LogP) is 2.41. The Bertz CT molecular complexity index is 239. The van der Waals surface area contributed by atoms with Gasteiger partial charge in [0.1, 0.15) is 0 Å². The Morgan fingerprint density at radius 3 is 2.78 bits per heavy atom. The van der Waals surface area contributed by atoms with Gasteiger partial charge in [-0.2, -0.15) is 0 Å². The molecule has 0 aromatic carbocycles. The summed E-state index contributed by atoms with van der Waals surface area (Å²) < 4.78 is 5.15. The van der Waals surface area contributed by atoms with Crippen molar-refractivity contribution in [3.63, 3.8) is 0 Å². The number of nitrogens with zero attached hydrogens (tertiary/aromatic N) is 1. The lowest BCUT2D eigenvalue weighted by Gasteiger charge is -2.35. The lowest BCUT2D eigenvalue weighted by Crippen LogP contribution is -2.50. The summed E-state index contributed by atoms with van der Waals surface area (Å²) in [5.41, 5.74) is 0.450. The van der Waals surface area contributed by atoms with Crippen LogP contribution in [-0.2, 0) is 4.74 Å². The molecule has 18 heavy (non-hydrogen) atoms. The summed E-state index contributed by atoms with van der Waals surface area (Å²) in [5, 5.41) is 3.85. The van der Waals surface area contributed by atoms with Crippen LogP contribution in [0.25, 0.3) is 0 Å². The zero-order chi connectivity index (χ0) is 12.8. The SMILES string of the molecule is COCCCCN1CC2(CCCC2)NCCC1C. The Balaban J connectivity index is 1.85. The first-order valence-corrected chi connectivity index (χ1v) is 7.74. The number of hydrogen-bond acceptors (Lipinski definition) is 3. The zero-order valence-corrected chi connectivity index (χ0v) is 12.2. The summed E-state index contributed by atoms with van der Waals surface area (Å²) in [6.45, 7) is 7.02. The van der Waals surface area contributed by atoms with Crippen LogP contribution in [-0.4, -0.2) is 49.8 Å². The molecule has 2 rings (SSSR count). The van der Waals surface area contributed by atoms with Crippen molar-refractivity contribution in [3.05, 3.63) is 0 Å². The number of ether oxygens (including phenoxy) is 1. The standard InChI is InChI=1S/C15H30N2O/c1-14-7-10-16-15(8-3-4-9-15)13-17(14)11-5-6-12-18-2/h14,16H,3-13H2,1-2H3. The van der Waals surface area contributed by atoms with Crippen LogP contribution in [0.4, 0.5) is 0 Å². The average molecular weight is 254 g/mol. The quantitative estimate of drug-likeness (QED) is 0.763. The van der Waals surface area contributed by atoms with Crippen molar-refractivity contribution in [2.45, 2.75) is 63.5 Å². The summed E-state index contributed by atoms with van der Waals surface area (Å²) in [4.78, 5) is 2.72. The molecule has 1 N–H and O–H groups in total. The van der Waals surface area contributed by atoms with Crippen LogP contribution in [0.1, 0.15) is 51.9 Å². The van der Waals surface area contributed by atoms with E-state index in [4.69, 9.17) is 4.74 Å². The Morgan fingerprint density at radius 1 is 1.28 bits per heavy atom. The van der Waals surface area contributed by atoms with Gasteiger partial charge in [-0.3, -0.25) is 4.90 Å². The van der Waals surface area contributed by atoms with Gasteiger partial charge in [0.2, 0.25) is 0 Å². The molecule has 0 aromatic heterocycles. The fourth-order valence-corrected chi connectivity index (χ4v) is 3.58. The molecule has 2 fully saturated rings. The first kappa shape index (κ1) is 14.3. The van der Waals surface area contributed by atoms with E-state index < -0.39 is 0 Å². The lowest BCUT2D eigenvalue weighted by atomic mass is 9.97. The molecule has 0 amide bonds. The lowest BCUT2D eigenvalue weighted by molar-refractivity contribution is 0.151. The normalized spacial score (nSPS) is 28.7. The van der Waals surface area contributed by atoms with Crippen molar-refractivity contribution in [2.75, 3.05) is 33.4 Å². The summed E-state index contributed by atoms with van der Waals surface area (Å²) in [7, 11) is 1.80. The second kappa shape index (κ2) is 6.88. The van der Waals surface area contributed by atoms with Crippen molar-refractivity contribution < 1.29 is 4.74 Å². The van der Waals surface area contributed by atoms with Gasteiger partial charge in [-0.15, -0.1) is 0 Å². The van der Waals surface area contributed by atoms with E-state index in [2.05, 4.69) is 17.1 Å². The van der Waals surface area contributed by atoms with Gasteiger partial charge in [0, 0.05) is 31.8 Å². The Hall–Kier alpha value is -0.120. The van der Waals surface area contributed by atoms with E-state index in [1.807, 2.05) is 0 Å². The molecule has 3 nitrogen and oxygen atoms in total. The molecule has 1 saturated heterocycles. The fourth-order valence-electron chi connectivity index (χ4n) is 3.58. The molecule has 1 aliphatic heterocycles. The van der Waals surface area contributed by atoms with Crippen molar-refractivity contribution in [3.8, 4) is 0 Å². The second-order valence-electron chi connectivity index (χ2n) is 6.22. The molecule has 2 aliphatic rings. The summed E-state index contributed by atoms with van der Waals surface area (Å²) in [6, 6.07) is 0.736. The molecule has 1 saturated carbocycles. The van der Waals surface area contributed by atoms with Gasteiger partial charge in [-0.25, -0.2) is 0 Å². The van der Waals surface area contributed by atoms with Crippen LogP contribution in [0.5, 0.6) is 0 Å². The highest BCUT2D eigenvalue weighted by atomic mass is 16.5. The molecular weight excluding hydrogens is 224 g/mol. The second-order valence-corrected chi connectivity index (χ2v) is 6.22. The van der Waals surface area contributed by atoms with Crippen molar-refractivity contribution in [1.82, 2.24) is 10.2 Å². The van der Waals surface area contributed by atoms with Crippen molar-refractivity contribution >= 4 is 0 Å². The molecule has 1 atom stereocenters. The molecule has 106 valence electrons. The third kappa shape index (κ3) is 3.69. The van der Waals surface area contributed by atoms with Crippen LogP contribution in [0.3, 0.4) is 0 Å². The van der Waals surface area contributed by atoms with E-state index in [0.717, 1.165) is 12.6 Å². The molecule has 0 aromatic rings. The Labute approximate surface area is 112 Å². The highest BCUT2D eigenvalue weighted by Crippen LogP contribution is 2.32. The van der Waals surface area contributed by atoms with E-state index in [1.54, 1.807) is 7.11 Å². The van der Waals surface area contributed by atoms with Crippen LogP contribution in [0.2, 0.25) is 0 Å². The van der Waals surface area contributed by atoms with E-state index >= 15 is 0 Å². The van der Waals surface area contributed by atoms with E-state index in [-0.39, 0.29) is 0 Å². The van der Waals surface area contributed by atoms with Gasteiger partial charge < -0.3 is 10.1 Å². The minimum absolute atomic E-state index is 0.450. The third-order valence-electron chi connectivity index (χ3n) is 4.80.